The van der Waals surface area contributed by atoms with Crippen molar-refractivity contribution in [1.29, 1.82) is 0 Å². The molecule has 0 radical (unpaired) electrons. The molecular formula is C16H27NO3. The van der Waals surface area contributed by atoms with E-state index in [2.05, 4.69) is 27.7 Å². The van der Waals surface area contributed by atoms with Gasteiger partial charge in [0.25, 0.3) is 0 Å². The smallest absolute Gasteiger partial charge is 0.229 e. The van der Waals surface area contributed by atoms with Crippen LogP contribution in [0.15, 0.2) is 0 Å². The fourth-order valence-corrected chi connectivity index (χ4v) is 3.72. The molecule has 114 valence electrons. The number of ether oxygens (including phenoxy) is 1. The number of carbonyl (C=O) groups is 2. The minimum absolute atomic E-state index is 0.000209. The summed E-state index contributed by atoms with van der Waals surface area (Å²) in [6, 6.07) is 0. The quantitative estimate of drug-likeness (QED) is 0.744. The average molecular weight is 281 g/mol. The van der Waals surface area contributed by atoms with Gasteiger partial charge in [0, 0.05) is 26.0 Å². The Hall–Kier alpha value is -0.900. The normalized spacial score (nSPS) is 30.4. The summed E-state index contributed by atoms with van der Waals surface area (Å²) < 4.78 is 5.84. The summed E-state index contributed by atoms with van der Waals surface area (Å²) in [5.74, 6) is 0.527. The van der Waals surface area contributed by atoms with Crippen molar-refractivity contribution in [2.75, 3.05) is 13.2 Å². The van der Waals surface area contributed by atoms with Crippen molar-refractivity contribution in [3.8, 4) is 0 Å². The monoisotopic (exact) mass is 281 g/mol. The van der Waals surface area contributed by atoms with E-state index in [1.54, 1.807) is 0 Å². The van der Waals surface area contributed by atoms with E-state index in [-0.39, 0.29) is 22.8 Å². The number of amides is 2. The second-order valence-electron chi connectivity index (χ2n) is 7.24. The molecule has 0 unspecified atom stereocenters. The second kappa shape index (κ2) is 5.47. The van der Waals surface area contributed by atoms with Gasteiger partial charge in [-0.25, -0.2) is 0 Å². The molecule has 2 aliphatic heterocycles. The van der Waals surface area contributed by atoms with Crippen LogP contribution in [0.5, 0.6) is 0 Å². The minimum Gasteiger partial charge on any atom is -0.376 e. The van der Waals surface area contributed by atoms with E-state index in [9.17, 15) is 9.59 Å². The molecular weight excluding hydrogens is 254 g/mol. The van der Waals surface area contributed by atoms with Gasteiger partial charge in [-0.15, -0.1) is 0 Å². The van der Waals surface area contributed by atoms with Crippen molar-refractivity contribution in [3.63, 3.8) is 0 Å². The first kappa shape index (κ1) is 15.5. The molecule has 0 spiro atoms. The molecule has 2 saturated heterocycles. The van der Waals surface area contributed by atoms with Gasteiger partial charge in [-0.3, -0.25) is 14.5 Å². The van der Waals surface area contributed by atoms with E-state index in [1.165, 1.54) is 4.90 Å². The van der Waals surface area contributed by atoms with E-state index < -0.39 is 0 Å². The first-order chi connectivity index (χ1) is 9.26. The van der Waals surface area contributed by atoms with Crippen molar-refractivity contribution in [3.05, 3.63) is 0 Å². The summed E-state index contributed by atoms with van der Waals surface area (Å²) in [6.07, 6.45) is 3.69. The molecule has 0 bridgehead atoms. The van der Waals surface area contributed by atoms with Crippen molar-refractivity contribution < 1.29 is 14.3 Å². The molecule has 20 heavy (non-hydrogen) atoms. The predicted molar refractivity (Wildman–Crippen MR) is 77.1 cm³/mol. The van der Waals surface area contributed by atoms with Crippen molar-refractivity contribution >= 4 is 11.8 Å². The number of likely N-dealkylation sites (tertiary alicyclic amines) is 1. The van der Waals surface area contributed by atoms with E-state index in [4.69, 9.17) is 4.74 Å². The largest absolute Gasteiger partial charge is 0.376 e. The molecule has 4 heteroatoms. The minimum atomic E-state index is -0.110. The first-order valence-corrected chi connectivity index (χ1v) is 7.73. The fraction of sp³-hybridized carbons (Fsp3) is 0.875. The topological polar surface area (TPSA) is 46.6 Å². The maximum Gasteiger partial charge on any atom is 0.229 e. The van der Waals surface area contributed by atoms with E-state index in [0.29, 0.717) is 25.3 Å². The summed E-state index contributed by atoms with van der Waals surface area (Å²) in [5, 5.41) is 0. The molecule has 2 heterocycles. The Morgan fingerprint density at radius 1 is 1.20 bits per heavy atom. The molecule has 0 aliphatic carbocycles. The van der Waals surface area contributed by atoms with Crippen molar-refractivity contribution in [2.24, 2.45) is 11.3 Å². The summed E-state index contributed by atoms with van der Waals surface area (Å²) in [5.41, 5.74) is 0.0620. The number of carbonyl (C=O) groups excluding carboxylic acids is 2. The number of hydrogen-bond acceptors (Lipinski definition) is 3. The molecule has 1 atom stereocenters. The van der Waals surface area contributed by atoms with Gasteiger partial charge in [0.1, 0.15) is 0 Å². The molecule has 4 nitrogen and oxygen atoms in total. The molecule has 2 rings (SSSR count). The third kappa shape index (κ3) is 3.05. The number of rotatable bonds is 4. The Morgan fingerprint density at radius 2 is 1.80 bits per heavy atom. The summed E-state index contributed by atoms with van der Waals surface area (Å²) >= 11 is 0. The number of hydrogen-bond donors (Lipinski definition) is 0. The zero-order chi connectivity index (χ0) is 15.0. The molecule has 0 aromatic heterocycles. The van der Waals surface area contributed by atoms with Crippen LogP contribution in [0.25, 0.3) is 0 Å². The zero-order valence-corrected chi connectivity index (χ0v) is 13.2. The highest BCUT2D eigenvalue weighted by Gasteiger charge is 2.43. The van der Waals surface area contributed by atoms with Crippen LogP contribution in [0.1, 0.15) is 59.8 Å². The Kier molecular flexibility index (Phi) is 4.24. The molecule has 0 saturated carbocycles. The summed E-state index contributed by atoms with van der Waals surface area (Å²) in [6.45, 7) is 10.1. The van der Waals surface area contributed by atoms with E-state index in [0.717, 1.165) is 25.9 Å². The Bertz CT molecular complexity index is 387. The maximum absolute atomic E-state index is 11.7. The van der Waals surface area contributed by atoms with Gasteiger partial charge in [0.05, 0.1) is 5.60 Å². The third-order valence-electron chi connectivity index (χ3n) is 5.08. The van der Waals surface area contributed by atoms with Gasteiger partial charge in [-0.2, -0.15) is 0 Å². The van der Waals surface area contributed by atoms with Crippen LogP contribution >= 0.6 is 0 Å². The number of nitrogens with zero attached hydrogens (tertiary/aromatic N) is 1. The van der Waals surface area contributed by atoms with Crippen molar-refractivity contribution in [1.82, 2.24) is 4.90 Å². The highest BCUT2D eigenvalue weighted by atomic mass is 16.5. The van der Waals surface area contributed by atoms with E-state index >= 15 is 0 Å². The molecule has 0 aromatic rings. The molecule has 2 fully saturated rings. The van der Waals surface area contributed by atoms with Gasteiger partial charge < -0.3 is 4.74 Å². The predicted octanol–water partition coefficient (Wildman–Crippen LogP) is 2.76. The van der Waals surface area contributed by atoms with Gasteiger partial charge in [-0.05, 0) is 44.4 Å². The van der Waals surface area contributed by atoms with Crippen LogP contribution in [-0.2, 0) is 14.3 Å². The molecule has 0 aromatic carbocycles. The highest BCUT2D eigenvalue weighted by Crippen LogP contribution is 2.47. The molecule has 2 amide bonds. The van der Waals surface area contributed by atoms with Gasteiger partial charge >= 0.3 is 0 Å². The lowest BCUT2D eigenvalue weighted by molar-refractivity contribution is -0.141. The van der Waals surface area contributed by atoms with Crippen LogP contribution in [0.3, 0.4) is 0 Å². The molecule has 2 aliphatic rings. The average Bonchev–Trinajstić information content (AvgIpc) is 2.65. The summed E-state index contributed by atoms with van der Waals surface area (Å²) in [7, 11) is 0. The highest BCUT2D eigenvalue weighted by molar-refractivity contribution is 6.01. The Morgan fingerprint density at radius 3 is 2.30 bits per heavy atom. The standard InChI is InChI=1S/C16H27NO3/c1-12(2)16(8-10-20-15(3,4)11-16)7-9-17-13(18)5-6-14(17)19/h12H,5-11H2,1-4H3/t16-/m1/s1. The lowest BCUT2D eigenvalue weighted by Gasteiger charge is -2.48. The maximum atomic E-state index is 11.7. The van der Waals surface area contributed by atoms with Crippen LogP contribution in [0, 0.1) is 11.3 Å². The summed E-state index contributed by atoms with van der Waals surface area (Å²) in [4.78, 5) is 24.9. The first-order valence-electron chi connectivity index (χ1n) is 7.73. The lowest BCUT2D eigenvalue weighted by Crippen LogP contribution is -2.46. The Labute approximate surface area is 121 Å². The van der Waals surface area contributed by atoms with Crippen LogP contribution in [0.4, 0.5) is 0 Å². The van der Waals surface area contributed by atoms with Gasteiger partial charge in [0.2, 0.25) is 11.8 Å². The van der Waals surface area contributed by atoms with Gasteiger partial charge in [-0.1, -0.05) is 13.8 Å². The Balaban J connectivity index is 2.06. The van der Waals surface area contributed by atoms with E-state index in [1.807, 2.05) is 0 Å². The SMILES string of the molecule is CC(C)[C@]1(CCN2C(=O)CCC2=O)CCOC(C)(C)C1. The third-order valence-corrected chi connectivity index (χ3v) is 5.08. The number of imide groups is 1. The zero-order valence-electron chi connectivity index (χ0n) is 13.2. The van der Waals surface area contributed by atoms with Gasteiger partial charge in [0.15, 0.2) is 0 Å². The van der Waals surface area contributed by atoms with Crippen molar-refractivity contribution in [2.45, 2.75) is 65.4 Å². The molecule has 0 N–H and O–H groups in total. The van der Waals surface area contributed by atoms with Crippen LogP contribution in [-0.4, -0.2) is 35.5 Å². The second-order valence-corrected chi connectivity index (χ2v) is 7.24. The van der Waals surface area contributed by atoms with Crippen LogP contribution < -0.4 is 0 Å². The van der Waals surface area contributed by atoms with Crippen LogP contribution in [0.2, 0.25) is 0 Å². The lowest BCUT2D eigenvalue weighted by atomic mass is 9.65. The fourth-order valence-electron chi connectivity index (χ4n) is 3.72.